The number of nitrogens with one attached hydrogen (secondary N) is 1. The van der Waals surface area contributed by atoms with Gasteiger partial charge in [0.05, 0.1) is 0 Å². The summed E-state index contributed by atoms with van der Waals surface area (Å²) in [5.74, 6) is 0.0626. The van der Waals surface area contributed by atoms with Crippen molar-refractivity contribution < 1.29 is 9.13 Å². The van der Waals surface area contributed by atoms with Gasteiger partial charge in [-0.25, -0.2) is 4.39 Å². The van der Waals surface area contributed by atoms with Crippen LogP contribution in [0, 0.1) is 5.82 Å². The Hall–Kier alpha value is -1.39. The van der Waals surface area contributed by atoms with E-state index in [-0.39, 0.29) is 5.82 Å². The van der Waals surface area contributed by atoms with Gasteiger partial charge in [0.2, 0.25) is 0 Å². The number of hydrogen-bond donors (Lipinski definition) is 1. The fourth-order valence-electron chi connectivity index (χ4n) is 1.95. The number of hydrogen-bond acceptors (Lipinski definition) is 3. The summed E-state index contributed by atoms with van der Waals surface area (Å²) in [7, 11) is 0. The molecular weight excluding hydrogens is 273 g/mol. The Morgan fingerprint density at radius 1 is 1.15 bits per heavy atom. The van der Waals surface area contributed by atoms with E-state index in [1.165, 1.54) is 10.9 Å². The monoisotopic (exact) mass is 293 g/mol. The molecule has 2 aromatic rings. The number of halogens is 1. The molecule has 1 N–H and O–H groups in total. The molecule has 0 fully saturated rings. The zero-order chi connectivity index (χ0) is 14.4. The Labute approximate surface area is 123 Å². The molecule has 0 aliphatic rings. The molecule has 2 rings (SSSR count). The van der Waals surface area contributed by atoms with Crippen molar-refractivity contribution >= 4 is 11.3 Å². The molecule has 0 unspecified atom stereocenters. The van der Waals surface area contributed by atoms with Crippen molar-refractivity contribution in [1.82, 2.24) is 5.32 Å². The normalized spacial score (nSPS) is 10.8. The van der Waals surface area contributed by atoms with Crippen molar-refractivity contribution in [2.75, 3.05) is 6.54 Å². The smallest absolute Gasteiger partial charge is 0.165 e. The van der Waals surface area contributed by atoms with E-state index in [2.05, 4.69) is 18.3 Å². The summed E-state index contributed by atoms with van der Waals surface area (Å²) in [6.07, 6.45) is 1.02. The van der Waals surface area contributed by atoms with E-state index in [1.54, 1.807) is 17.4 Å². The van der Waals surface area contributed by atoms with Crippen molar-refractivity contribution in [3.05, 3.63) is 51.5 Å². The molecule has 2 nitrogen and oxygen atoms in total. The van der Waals surface area contributed by atoms with Crippen molar-refractivity contribution in [2.45, 2.75) is 33.4 Å². The Morgan fingerprint density at radius 2 is 1.95 bits per heavy atom. The first-order valence-corrected chi connectivity index (χ1v) is 7.74. The summed E-state index contributed by atoms with van der Waals surface area (Å²) in [5, 5.41) is 3.20. The van der Waals surface area contributed by atoms with Crippen molar-refractivity contribution in [1.29, 1.82) is 0 Å². The zero-order valence-corrected chi connectivity index (χ0v) is 12.7. The first-order chi connectivity index (χ1) is 9.74. The first-order valence-electron chi connectivity index (χ1n) is 6.93. The summed E-state index contributed by atoms with van der Waals surface area (Å²) in [5.41, 5.74) is 0.860. The lowest BCUT2D eigenvalue weighted by Gasteiger charge is -2.12. The molecule has 0 saturated heterocycles. The highest BCUT2D eigenvalue weighted by Gasteiger charge is 2.10. The van der Waals surface area contributed by atoms with Gasteiger partial charge in [-0.2, -0.15) is 0 Å². The van der Waals surface area contributed by atoms with Crippen LogP contribution in [0.5, 0.6) is 5.75 Å². The molecule has 0 aliphatic heterocycles. The second-order valence-electron chi connectivity index (χ2n) is 4.52. The third-order valence-corrected chi connectivity index (χ3v) is 4.24. The van der Waals surface area contributed by atoms with E-state index in [9.17, 15) is 4.39 Å². The second kappa shape index (κ2) is 7.41. The summed E-state index contributed by atoms with van der Waals surface area (Å²) < 4.78 is 19.6. The molecule has 0 amide bonds. The summed E-state index contributed by atoms with van der Waals surface area (Å²) >= 11 is 1.72. The van der Waals surface area contributed by atoms with E-state index in [0.717, 1.165) is 23.4 Å². The molecule has 108 valence electrons. The van der Waals surface area contributed by atoms with Crippen LogP contribution >= 0.6 is 11.3 Å². The van der Waals surface area contributed by atoms with Gasteiger partial charge < -0.3 is 10.1 Å². The van der Waals surface area contributed by atoms with Crippen molar-refractivity contribution in [3.8, 4) is 5.75 Å². The Balaban J connectivity index is 2.07. The third kappa shape index (κ3) is 3.81. The summed E-state index contributed by atoms with van der Waals surface area (Å²) in [6, 6.07) is 9.21. The molecule has 1 aromatic heterocycles. The molecule has 20 heavy (non-hydrogen) atoms. The molecule has 0 saturated carbocycles. The molecule has 0 bridgehead atoms. The molecule has 0 radical (unpaired) electrons. The van der Waals surface area contributed by atoms with Gasteiger partial charge in [0.1, 0.15) is 6.61 Å². The molecule has 0 atom stereocenters. The number of para-hydroxylation sites is 1. The minimum absolute atomic E-state index is 0.298. The lowest BCUT2D eigenvalue weighted by Crippen LogP contribution is -2.13. The molecule has 0 spiro atoms. The van der Waals surface area contributed by atoms with Crippen LogP contribution in [0.2, 0.25) is 0 Å². The second-order valence-corrected chi connectivity index (χ2v) is 5.77. The minimum atomic E-state index is -0.298. The maximum Gasteiger partial charge on any atom is 0.165 e. The standard InChI is InChI=1S/C16H20FNOS/c1-3-13-8-9-14(20-13)11-19-16-12(10-18-4-2)6-5-7-15(16)17/h5-9,18H,3-4,10-11H2,1-2H3. The molecule has 4 heteroatoms. The van der Waals surface area contributed by atoms with Crippen molar-refractivity contribution in [2.24, 2.45) is 0 Å². The number of benzene rings is 1. The van der Waals surface area contributed by atoms with Crippen LogP contribution in [0.1, 0.15) is 29.2 Å². The van der Waals surface area contributed by atoms with Gasteiger partial charge in [-0.1, -0.05) is 26.0 Å². The van der Waals surface area contributed by atoms with Crippen LogP contribution in [-0.2, 0) is 19.6 Å². The fraction of sp³-hybridized carbons (Fsp3) is 0.375. The Morgan fingerprint density at radius 3 is 2.65 bits per heavy atom. The predicted molar refractivity (Wildman–Crippen MR) is 81.8 cm³/mol. The average Bonchev–Trinajstić information content (AvgIpc) is 2.92. The maximum atomic E-state index is 13.9. The lowest BCUT2D eigenvalue weighted by molar-refractivity contribution is 0.289. The van der Waals surface area contributed by atoms with E-state index in [4.69, 9.17) is 4.74 Å². The highest BCUT2D eigenvalue weighted by Crippen LogP contribution is 2.25. The van der Waals surface area contributed by atoms with Crippen LogP contribution < -0.4 is 10.1 Å². The third-order valence-electron chi connectivity index (χ3n) is 3.04. The van der Waals surface area contributed by atoms with Crippen LogP contribution in [0.3, 0.4) is 0 Å². The van der Waals surface area contributed by atoms with Crippen LogP contribution in [0.4, 0.5) is 4.39 Å². The van der Waals surface area contributed by atoms with Gasteiger partial charge in [0.15, 0.2) is 11.6 Å². The summed E-state index contributed by atoms with van der Waals surface area (Å²) in [6.45, 7) is 6.04. The SMILES string of the molecule is CCNCc1cccc(F)c1OCc1ccc(CC)s1. The van der Waals surface area contributed by atoms with Gasteiger partial charge in [0, 0.05) is 21.9 Å². The van der Waals surface area contributed by atoms with Gasteiger partial charge >= 0.3 is 0 Å². The van der Waals surface area contributed by atoms with E-state index in [0.29, 0.717) is 18.9 Å². The molecular formula is C16H20FNOS. The van der Waals surface area contributed by atoms with Gasteiger partial charge in [-0.15, -0.1) is 11.3 Å². The van der Waals surface area contributed by atoms with E-state index >= 15 is 0 Å². The number of thiophene rings is 1. The zero-order valence-electron chi connectivity index (χ0n) is 11.9. The van der Waals surface area contributed by atoms with Crippen LogP contribution in [0.25, 0.3) is 0 Å². The van der Waals surface area contributed by atoms with Crippen molar-refractivity contribution in [3.63, 3.8) is 0 Å². The molecule has 1 aromatic carbocycles. The Bertz CT molecular complexity index is 553. The van der Waals surface area contributed by atoms with Gasteiger partial charge in [0.25, 0.3) is 0 Å². The van der Waals surface area contributed by atoms with Crippen LogP contribution in [0.15, 0.2) is 30.3 Å². The average molecular weight is 293 g/mol. The maximum absolute atomic E-state index is 13.9. The molecule has 1 heterocycles. The highest BCUT2D eigenvalue weighted by molar-refractivity contribution is 7.11. The first kappa shape index (κ1) is 15.0. The number of rotatable bonds is 7. The summed E-state index contributed by atoms with van der Waals surface area (Å²) in [4.78, 5) is 2.45. The predicted octanol–water partition coefficient (Wildman–Crippen LogP) is 4.14. The number of aryl methyl sites for hydroxylation is 1. The Kier molecular flexibility index (Phi) is 5.56. The van der Waals surface area contributed by atoms with Gasteiger partial charge in [-0.3, -0.25) is 0 Å². The largest absolute Gasteiger partial charge is 0.485 e. The van der Waals surface area contributed by atoms with Gasteiger partial charge in [-0.05, 0) is 31.2 Å². The lowest BCUT2D eigenvalue weighted by atomic mass is 10.2. The topological polar surface area (TPSA) is 21.3 Å². The highest BCUT2D eigenvalue weighted by atomic mass is 32.1. The van der Waals surface area contributed by atoms with Crippen LogP contribution in [-0.4, -0.2) is 6.54 Å². The van der Waals surface area contributed by atoms with E-state index in [1.807, 2.05) is 19.1 Å². The molecule has 0 aliphatic carbocycles. The quantitative estimate of drug-likeness (QED) is 0.828. The minimum Gasteiger partial charge on any atom is -0.485 e. The van der Waals surface area contributed by atoms with E-state index < -0.39 is 0 Å². The number of ether oxygens (including phenoxy) is 1. The fourth-order valence-corrected chi connectivity index (χ4v) is 2.82.